The number of hydrogen-bond acceptors (Lipinski definition) is 3. The first-order chi connectivity index (χ1) is 10.4. The largest absolute Gasteiger partial charge is 0.339 e. The Morgan fingerprint density at radius 3 is 2.27 bits per heavy atom. The van der Waals surface area contributed by atoms with Crippen molar-refractivity contribution in [3.05, 3.63) is 36.2 Å². The lowest BCUT2D eigenvalue weighted by Crippen LogP contribution is -2.52. The summed E-state index contributed by atoms with van der Waals surface area (Å²) >= 11 is 0. The van der Waals surface area contributed by atoms with Crippen molar-refractivity contribution in [1.82, 2.24) is 14.8 Å². The van der Waals surface area contributed by atoms with Gasteiger partial charge in [0.05, 0.1) is 5.69 Å². The summed E-state index contributed by atoms with van der Waals surface area (Å²) in [6.07, 6.45) is 4.96. The molecular weight excluding hydrogens is 278 g/mol. The van der Waals surface area contributed by atoms with Gasteiger partial charge in [0.15, 0.2) is 0 Å². The number of amides is 2. The third kappa shape index (κ3) is 4.16. The van der Waals surface area contributed by atoms with Gasteiger partial charge >= 0.3 is 0 Å². The number of aromatic nitrogens is 1. The Morgan fingerprint density at radius 2 is 1.73 bits per heavy atom. The molecule has 118 valence electrons. The molecule has 5 nitrogen and oxygen atoms in total. The van der Waals surface area contributed by atoms with Gasteiger partial charge in [-0.1, -0.05) is 26.8 Å². The van der Waals surface area contributed by atoms with Crippen LogP contribution in [0, 0.1) is 5.41 Å². The van der Waals surface area contributed by atoms with Crippen LogP contribution in [0.15, 0.2) is 30.5 Å². The number of nitrogens with zero attached hydrogens (tertiary/aromatic N) is 3. The first-order valence-electron chi connectivity index (χ1n) is 7.55. The van der Waals surface area contributed by atoms with Crippen molar-refractivity contribution in [2.75, 3.05) is 26.2 Å². The predicted molar refractivity (Wildman–Crippen MR) is 85.9 cm³/mol. The van der Waals surface area contributed by atoms with E-state index in [1.807, 2.05) is 43.9 Å². The third-order valence-corrected chi connectivity index (χ3v) is 3.60. The summed E-state index contributed by atoms with van der Waals surface area (Å²) < 4.78 is 0. The van der Waals surface area contributed by atoms with Crippen LogP contribution in [0.1, 0.15) is 26.5 Å². The van der Waals surface area contributed by atoms with Gasteiger partial charge in [0, 0.05) is 43.9 Å². The summed E-state index contributed by atoms with van der Waals surface area (Å²) in [6.45, 7) is 8.10. The van der Waals surface area contributed by atoms with E-state index >= 15 is 0 Å². The summed E-state index contributed by atoms with van der Waals surface area (Å²) in [4.78, 5) is 32.1. The van der Waals surface area contributed by atoms with Crippen molar-refractivity contribution < 1.29 is 9.59 Å². The molecule has 0 bridgehead atoms. The summed E-state index contributed by atoms with van der Waals surface area (Å²) in [6, 6.07) is 5.57. The maximum atomic E-state index is 12.2. The van der Waals surface area contributed by atoms with Crippen LogP contribution in [0.5, 0.6) is 0 Å². The molecule has 0 aromatic carbocycles. The van der Waals surface area contributed by atoms with Gasteiger partial charge in [-0.3, -0.25) is 14.6 Å². The molecule has 0 spiro atoms. The number of piperazine rings is 1. The Balaban J connectivity index is 1.88. The van der Waals surface area contributed by atoms with Gasteiger partial charge in [-0.15, -0.1) is 0 Å². The van der Waals surface area contributed by atoms with E-state index in [1.54, 1.807) is 23.2 Å². The van der Waals surface area contributed by atoms with Crippen LogP contribution in [-0.4, -0.2) is 52.8 Å². The highest BCUT2D eigenvalue weighted by Crippen LogP contribution is 2.18. The monoisotopic (exact) mass is 301 g/mol. The third-order valence-electron chi connectivity index (χ3n) is 3.60. The fourth-order valence-corrected chi connectivity index (χ4v) is 2.34. The number of pyridine rings is 1. The quantitative estimate of drug-likeness (QED) is 0.783. The zero-order valence-electron chi connectivity index (χ0n) is 13.5. The van der Waals surface area contributed by atoms with Gasteiger partial charge in [-0.05, 0) is 18.2 Å². The van der Waals surface area contributed by atoms with Crippen molar-refractivity contribution in [3.8, 4) is 0 Å². The van der Waals surface area contributed by atoms with E-state index < -0.39 is 0 Å². The molecular formula is C17H23N3O2. The molecule has 1 aromatic heterocycles. The Labute approximate surface area is 131 Å². The van der Waals surface area contributed by atoms with E-state index in [2.05, 4.69) is 4.98 Å². The van der Waals surface area contributed by atoms with E-state index in [1.165, 1.54) is 0 Å². The standard InChI is InChI=1S/C17H23N3O2/c1-17(2,3)16(22)20-12-10-19(11-13-20)15(21)8-7-14-6-4-5-9-18-14/h4-9H,10-13H2,1-3H3/b8-7+. The second-order valence-electron chi connectivity index (χ2n) is 6.46. The van der Waals surface area contributed by atoms with Crippen LogP contribution < -0.4 is 0 Å². The highest BCUT2D eigenvalue weighted by atomic mass is 16.2. The van der Waals surface area contributed by atoms with Crippen LogP contribution >= 0.6 is 0 Å². The molecule has 1 aliphatic rings. The highest BCUT2D eigenvalue weighted by molar-refractivity contribution is 5.91. The van der Waals surface area contributed by atoms with Crippen molar-refractivity contribution in [1.29, 1.82) is 0 Å². The molecule has 1 aromatic rings. The molecule has 0 N–H and O–H groups in total. The zero-order chi connectivity index (χ0) is 16.2. The van der Waals surface area contributed by atoms with Crippen molar-refractivity contribution in [2.24, 2.45) is 5.41 Å². The minimum absolute atomic E-state index is 0.0338. The second-order valence-corrected chi connectivity index (χ2v) is 6.46. The Bertz CT molecular complexity index is 553. The number of carbonyl (C=O) groups excluding carboxylic acids is 2. The molecule has 1 fully saturated rings. The van der Waals surface area contributed by atoms with Gasteiger partial charge < -0.3 is 9.80 Å². The van der Waals surface area contributed by atoms with Crippen LogP contribution in [0.2, 0.25) is 0 Å². The highest BCUT2D eigenvalue weighted by Gasteiger charge is 2.30. The number of carbonyl (C=O) groups is 2. The Morgan fingerprint density at radius 1 is 1.09 bits per heavy atom. The average molecular weight is 301 g/mol. The molecule has 1 saturated heterocycles. The molecule has 5 heteroatoms. The van der Waals surface area contributed by atoms with Gasteiger partial charge in [0.2, 0.25) is 11.8 Å². The fourth-order valence-electron chi connectivity index (χ4n) is 2.34. The zero-order valence-corrected chi connectivity index (χ0v) is 13.5. The molecule has 22 heavy (non-hydrogen) atoms. The minimum Gasteiger partial charge on any atom is -0.339 e. The van der Waals surface area contributed by atoms with Crippen LogP contribution in [0.3, 0.4) is 0 Å². The van der Waals surface area contributed by atoms with Gasteiger partial charge in [-0.25, -0.2) is 0 Å². The molecule has 0 saturated carbocycles. The van der Waals surface area contributed by atoms with E-state index in [4.69, 9.17) is 0 Å². The number of rotatable bonds is 2. The van der Waals surface area contributed by atoms with Gasteiger partial charge in [0.25, 0.3) is 0 Å². The van der Waals surface area contributed by atoms with Crippen molar-refractivity contribution in [2.45, 2.75) is 20.8 Å². The maximum absolute atomic E-state index is 12.2. The van der Waals surface area contributed by atoms with Crippen LogP contribution in [0.25, 0.3) is 6.08 Å². The lowest BCUT2D eigenvalue weighted by Gasteiger charge is -2.37. The maximum Gasteiger partial charge on any atom is 0.246 e. The Kier molecular flexibility index (Phi) is 4.96. The normalized spacial score (nSPS) is 16.1. The fraction of sp³-hybridized carbons (Fsp3) is 0.471. The second kappa shape index (κ2) is 6.73. The van der Waals surface area contributed by atoms with E-state index in [9.17, 15) is 9.59 Å². The van der Waals surface area contributed by atoms with Gasteiger partial charge in [0.1, 0.15) is 0 Å². The molecule has 2 rings (SSSR count). The first-order valence-corrected chi connectivity index (χ1v) is 7.55. The molecule has 0 unspecified atom stereocenters. The number of hydrogen-bond donors (Lipinski definition) is 0. The summed E-state index contributed by atoms with van der Waals surface area (Å²) in [5.74, 6) is 0.108. The summed E-state index contributed by atoms with van der Waals surface area (Å²) in [5.41, 5.74) is 0.391. The summed E-state index contributed by atoms with van der Waals surface area (Å²) in [7, 11) is 0. The predicted octanol–water partition coefficient (Wildman–Crippen LogP) is 1.81. The van der Waals surface area contributed by atoms with Crippen LogP contribution in [-0.2, 0) is 9.59 Å². The average Bonchev–Trinajstić information content (AvgIpc) is 2.52. The molecule has 0 atom stereocenters. The SMILES string of the molecule is CC(C)(C)C(=O)N1CCN(C(=O)/C=C/c2ccccn2)CC1. The molecule has 2 heterocycles. The molecule has 2 amide bonds. The van der Waals surface area contributed by atoms with E-state index in [0.717, 1.165) is 5.69 Å². The lowest BCUT2D eigenvalue weighted by molar-refractivity contribution is -0.143. The first kappa shape index (κ1) is 16.2. The van der Waals surface area contributed by atoms with E-state index in [-0.39, 0.29) is 17.2 Å². The van der Waals surface area contributed by atoms with E-state index in [0.29, 0.717) is 26.2 Å². The lowest BCUT2D eigenvalue weighted by atomic mass is 9.94. The van der Waals surface area contributed by atoms with Crippen molar-refractivity contribution in [3.63, 3.8) is 0 Å². The minimum atomic E-state index is -0.370. The van der Waals surface area contributed by atoms with Crippen molar-refractivity contribution >= 4 is 17.9 Å². The van der Waals surface area contributed by atoms with Crippen LogP contribution in [0.4, 0.5) is 0 Å². The topological polar surface area (TPSA) is 53.5 Å². The van der Waals surface area contributed by atoms with Gasteiger partial charge in [-0.2, -0.15) is 0 Å². The molecule has 0 radical (unpaired) electrons. The smallest absolute Gasteiger partial charge is 0.246 e. The molecule has 0 aliphatic carbocycles. The summed E-state index contributed by atoms with van der Waals surface area (Å²) in [5, 5.41) is 0. The molecule has 1 aliphatic heterocycles. The Hall–Kier alpha value is -2.17.